The number of primary amides is 1. The van der Waals surface area contributed by atoms with Crippen molar-refractivity contribution >= 4 is 35.1 Å². The molecule has 4 N–H and O–H groups in total. The Morgan fingerprint density at radius 1 is 1.10 bits per heavy atom. The fraction of sp³-hybridized carbons (Fsp3) is 0.286. The molecule has 1 atom stereocenters. The summed E-state index contributed by atoms with van der Waals surface area (Å²) < 4.78 is 0. The number of benzene rings is 2. The van der Waals surface area contributed by atoms with Crippen LogP contribution in [0, 0.1) is 13.8 Å². The van der Waals surface area contributed by atoms with Crippen LogP contribution in [0.5, 0.6) is 0 Å². The molecular weight excluding hydrogens is 392 g/mol. The van der Waals surface area contributed by atoms with Gasteiger partial charge in [0.15, 0.2) is 0 Å². The summed E-state index contributed by atoms with van der Waals surface area (Å²) >= 11 is 5.89. The molecule has 2 aromatic rings. The van der Waals surface area contributed by atoms with Crippen LogP contribution < -0.4 is 16.4 Å². The number of likely N-dealkylation sites (N-methyl/N-ethyl adjacent to an activating group) is 1. The Hall–Kier alpha value is -3.06. The van der Waals surface area contributed by atoms with E-state index in [-0.39, 0.29) is 24.8 Å². The lowest BCUT2D eigenvalue weighted by molar-refractivity contribution is -0.133. The highest BCUT2D eigenvalue weighted by Gasteiger charge is 2.21. The highest BCUT2D eigenvalue weighted by Crippen LogP contribution is 2.21. The Balaban J connectivity index is 2.01. The van der Waals surface area contributed by atoms with Crippen molar-refractivity contribution in [3.8, 4) is 0 Å². The van der Waals surface area contributed by atoms with Crippen LogP contribution in [0.2, 0.25) is 5.02 Å². The number of carbonyl (C=O) groups is 3. The standard InChI is InChI=1S/C21H25ClN4O3/c1-13-5-4-6-17(14(13)2)24-19(27)12-26(3)20(28)11-18(25-21(23)29)15-7-9-16(22)10-8-15/h4-10,18H,11-12H2,1-3H3,(H,24,27)(H3,23,25,29)/t18-/m0/s1. The Bertz CT molecular complexity index is 899. The second-order valence-corrected chi connectivity index (χ2v) is 7.30. The molecule has 0 saturated heterocycles. The minimum absolute atomic E-state index is 0.0438. The summed E-state index contributed by atoms with van der Waals surface area (Å²) in [5.41, 5.74) is 8.68. The molecule has 0 aliphatic carbocycles. The summed E-state index contributed by atoms with van der Waals surface area (Å²) in [7, 11) is 1.54. The zero-order chi connectivity index (χ0) is 21.6. The average Bonchev–Trinajstić information content (AvgIpc) is 2.65. The number of hydrogen-bond acceptors (Lipinski definition) is 3. The zero-order valence-corrected chi connectivity index (χ0v) is 17.4. The predicted molar refractivity (Wildman–Crippen MR) is 114 cm³/mol. The van der Waals surface area contributed by atoms with Crippen molar-refractivity contribution in [1.82, 2.24) is 10.2 Å². The lowest BCUT2D eigenvalue weighted by Gasteiger charge is -2.22. The van der Waals surface area contributed by atoms with Gasteiger partial charge in [0, 0.05) is 17.8 Å². The van der Waals surface area contributed by atoms with Crippen LogP contribution in [0.1, 0.15) is 29.2 Å². The van der Waals surface area contributed by atoms with E-state index in [9.17, 15) is 14.4 Å². The number of anilines is 1. The van der Waals surface area contributed by atoms with Gasteiger partial charge in [0.05, 0.1) is 19.0 Å². The van der Waals surface area contributed by atoms with Gasteiger partial charge in [-0.3, -0.25) is 9.59 Å². The van der Waals surface area contributed by atoms with E-state index in [1.165, 1.54) is 11.9 Å². The maximum absolute atomic E-state index is 12.6. The summed E-state index contributed by atoms with van der Waals surface area (Å²) in [6.07, 6.45) is -0.0438. The van der Waals surface area contributed by atoms with E-state index >= 15 is 0 Å². The number of hydrogen-bond donors (Lipinski definition) is 3. The molecule has 0 aliphatic heterocycles. The molecule has 0 radical (unpaired) electrons. The Labute approximate surface area is 175 Å². The minimum Gasteiger partial charge on any atom is -0.352 e. The molecule has 7 nitrogen and oxygen atoms in total. The zero-order valence-electron chi connectivity index (χ0n) is 16.7. The van der Waals surface area contributed by atoms with Gasteiger partial charge >= 0.3 is 6.03 Å². The molecule has 29 heavy (non-hydrogen) atoms. The molecule has 0 saturated carbocycles. The van der Waals surface area contributed by atoms with Crippen LogP contribution in [-0.2, 0) is 9.59 Å². The third-order valence-electron chi connectivity index (χ3n) is 4.65. The van der Waals surface area contributed by atoms with Gasteiger partial charge in [-0.25, -0.2) is 4.79 Å². The van der Waals surface area contributed by atoms with Crippen molar-refractivity contribution in [2.75, 3.05) is 18.9 Å². The monoisotopic (exact) mass is 416 g/mol. The topological polar surface area (TPSA) is 105 Å². The second kappa shape index (κ2) is 9.93. The summed E-state index contributed by atoms with van der Waals surface area (Å²) in [5, 5.41) is 5.92. The van der Waals surface area contributed by atoms with Crippen molar-refractivity contribution in [3.05, 3.63) is 64.2 Å². The van der Waals surface area contributed by atoms with E-state index in [0.29, 0.717) is 16.3 Å². The molecule has 0 unspecified atom stereocenters. The molecule has 0 fully saturated rings. The maximum atomic E-state index is 12.6. The average molecular weight is 417 g/mol. The van der Waals surface area contributed by atoms with Crippen LogP contribution in [0.25, 0.3) is 0 Å². The molecule has 0 aromatic heterocycles. The van der Waals surface area contributed by atoms with Crippen LogP contribution in [0.4, 0.5) is 10.5 Å². The quantitative estimate of drug-likeness (QED) is 0.645. The number of halogens is 1. The molecule has 2 aromatic carbocycles. The summed E-state index contributed by atoms with van der Waals surface area (Å²) in [5.74, 6) is -0.615. The number of nitrogens with one attached hydrogen (secondary N) is 2. The van der Waals surface area contributed by atoms with Crippen LogP contribution in [-0.4, -0.2) is 36.3 Å². The van der Waals surface area contributed by atoms with Crippen molar-refractivity contribution in [2.24, 2.45) is 5.73 Å². The summed E-state index contributed by atoms with van der Waals surface area (Å²) in [6, 6.07) is 11.0. The van der Waals surface area contributed by atoms with Gasteiger partial charge in [0.2, 0.25) is 11.8 Å². The highest BCUT2D eigenvalue weighted by molar-refractivity contribution is 6.30. The molecule has 0 spiro atoms. The van der Waals surface area contributed by atoms with Crippen molar-refractivity contribution in [2.45, 2.75) is 26.3 Å². The molecule has 0 aliphatic rings. The molecule has 0 heterocycles. The Kier molecular flexibility index (Phi) is 7.61. The third-order valence-corrected chi connectivity index (χ3v) is 4.90. The van der Waals surface area contributed by atoms with Crippen LogP contribution in [0.3, 0.4) is 0 Å². The van der Waals surface area contributed by atoms with Gasteiger partial charge in [-0.1, -0.05) is 35.9 Å². The first-order valence-corrected chi connectivity index (χ1v) is 9.46. The van der Waals surface area contributed by atoms with Gasteiger partial charge in [-0.15, -0.1) is 0 Å². The van der Waals surface area contributed by atoms with E-state index in [0.717, 1.165) is 11.1 Å². The Morgan fingerprint density at radius 2 is 1.76 bits per heavy atom. The smallest absolute Gasteiger partial charge is 0.312 e. The predicted octanol–water partition coefficient (Wildman–Crippen LogP) is 3.15. The van der Waals surface area contributed by atoms with Crippen LogP contribution >= 0.6 is 11.6 Å². The van der Waals surface area contributed by atoms with E-state index in [1.807, 2.05) is 32.0 Å². The number of nitrogens with two attached hydrogens (primary N) is 1. The summed E-state index contributed by atoms with van der Waals surface area (Å²) in [6.45, 7) is 3.77. The van der Waals surface area contributed by atoms with E-state index in [1.54, 1.807) is 24.3 Å². The molecule has 0 bridgehead atoms. The minimum atomic E-state index is -0.743. The molecule has 154 valence electrons. The van der Waals surface area contributed by atoms with Crippen molar-refractivity contribution in [3.63, 3.8) is 0 Å². The van der Waals surface area contributed by atoms with Gasteiger partial charge < -0.3 is 21.3 Å². The first-order valence-electron chi connectivity index (χ1n) is 9.09. The largest absolute Gasteiger partial charge is 0.352 e. The number of urea groups is 1. The third kappa shape index (κ3) is 6.50. The van der Waals surface area contributed by atoms with E-state index in [4.69, 9.17) is 17.3 Å². The Morgan fingerprint density at radius 3 is 2.38 bits per heavy atom. The normalized spacial score (nSPS) is 11.4. The lowest BCUT2D eigenvalue weighted by atomic mass is 10.0. The van der Waals surface area contributed by atoms with Crippen LogP contribution in [0.15, 0.2) is 42.5 Å². The number of aryl methyl sites for hydroxylation is 1. The summed E-state index contributed by atoms with van der Waals surface area (Å²) in [4.78, 5) is 37.6. The molecule has 8 heteroatoms. The fourth-order valence-corrected chi connectivity index (χ4v) is 2.96. The van der Waals surface area contributed by atoms with Gasteiger partial charge in [0.25, 0.3) is 0 Å². The van der Waals surface area contributed by atoms with E-state index in [2.05, 4.69) is 10.6 Å². The van der Waals surface area contributed by atoms with Crippen molar-refractivity contribution in [1.29, 1.82) is 0 Å². The maximum Gasteiger partial charge on any atom is 0.312 e. The number of amides is 4. The number of nitrogens with zero attached hydrogens (tertiary/aromatic N) is 1. The van der Waals surface area contributed by atoms with Crippen molar-refractivity contribution < 1.29 is 14.4 Å². The molecule has 4 amide bonds. The lowest BCUT2D eigenvalue weighted by Crippen LogP contribution is -2.39. The first kappa shape index (κ1) is 22.2. The molecule has 2 rings (SSSR count). The van der Waals surface area contributed by atoms with Gasteiger partial charge in [-0.05, 0) is 48.7 Å². The first-order chi connectivity index (χ1) is 13.7. The number of rotatable bonds is 7. The second-order valence-electron chi connectivity index (χ2n) is 6.86. The highest BCUT2D eigenvalue weighted by atomic mass is 35.5. The molecular formula is C21H25ClN4O3. The number of carbonyl (C=O) groups excluding carboxylic acids is 3. The van der Waals surface area contributed by atoms with E-state index < -0.39 is 12.1 Å². The van der Waals surface area contributed by atoms with Gasteiger partial charge in [0.1, 0.15) is 0 Å². The SMILES string of the molecule is Cc1cccc(NC(=O)CN(C)C(=O)C[C@H](NC(N)=O)c2ccc(Cl)cc2)c1C. The van der Waals surface area contributed by atoms with Gasteiger partial charge in [-0.2, -0.15) is 0 Å². The fourth-order valence-electron chi connectivity index (χ4n) is 2.83.